The fraction of sp³-hybridized carbons (Fsp3) is 0.355. The molecule has 0 aliphatic heterocycles. The molecule has 214 valence electrons. The van der Waals surface area contributed by atoms with Gasteiger partial charge < -0.3 is 10.2 Å². The molecule has 3 aromatic carbocycles. The molecule has 0 bridgehead atoms. The molecule has 1 N–H and O–H groups in total. The molecule has 0 fully saturated rings. The Morgan fingerprint density at radius 3 is 2.17 bits per heavy atom. The van der Waals surface area contributed by atoms with Crippen molar-refractivity contribution in [3.8, 4) is 0 Å². The van der Waals surface area contributed by atoms with Crippen molar-refractivity contribution in [1.82, 2.24) is 10.2 Å². The van der Waals surface area contributed by atoms with E-state index in [-0.39, 0.29) is 37.7 Å². The van der Waals surface area contributed by atoms with Crippen LogP contribution in [0.4, 0.5) is 5.69 Å². The highest BCUT2D eigenvalue weighted by Crippen LogP contribution is 2.24. The van der Waals surface area contributed by atoms with Gasteiger partial charge in [0.15, 0.2) is 0 Å². The number of aryl methyl sites for hydroxylation is 2. The minimum absolute atomic E-state index is 0.0615. The largest absolute Gasteiger partial charge is 0.355 e. The molecule has 0 heterocycles. The Morgan fingerprint density at radius 2 is 1.57 bits per heavy atom. The third kappa shape index (κ3) is 8.83. The number of hydrogen-bond donors (Lipinski definition) is 1. The first kappa shape index (κ1) is 31.2. The highest BCUT2D eigenvalue weighted by atomic mass is 35.5. The van der Waals surface area contributed by atoms with Gasteiger partial charge in [-0.25, -0.2) is 8.42 Å². The van der Waals surface area contributed by atoms with E-state index in [1.165, 1.54) is 10.6 Å². The molecule has 0 radical (unpaired) electrons. The van der Waals surface area contributed by atoms with E-state index >= 15 is 0 Å². The first-order chi connectivity index (χ1) is 19.0. The SMILES string of the molecule is CCNC(=O)[C@@H](Cc1ccccc1)N(Cc1ccccc1Cl)C(=O)CCCN(c1cc(C)cc(C)c1)S(C)(=O)=O. The number of rotatable bonds is 13. The van der Waals surface area contributed by atoms with Crippen LogP contribution in [0.1, 0.15) is 42.0 Å². The lowest BCUT2D eigenvalue weighted by Gasteiger charge is -2.32. The van der Waals surface area contributed by atoms with Gasteiger partial charge in [0, 0.05) is 37.5 Å². The smallest absolute Gasteiger partial charge is 0.243 e. The van der Waals surface area contributed by atoms with Crippen LogP contribution in [-0.4, -0.2) is 50.5 Å². The minimum Gasteiger partial charge on any atom is -0.355 e. The average Bonchev–Trinajstić information content (AvgIpc) is 2.89. The predicted octanol–water partition coefficient (Wildman–Crippen LogP) is 5.28. The van der Waals surface area contributed by atoms with Crippen molar-refractivity contribution in [2.24, 2.45) is 0 Å². The summed E-state index contributed by atoms with van der Waals surface area (Å²) in [5, 5.41) is 3.38. The van der Waals surface area contributed by atoms with Crippen LogP contribution in [0, 0.1) is 13.8 Å². The van der Waals surface area contributed by atoms with Gasteiger partial charge in [-0.2, -0.15) is 0 Å². The van der Waals surface area contributed by atoms with E-state index in [1.807, 2.05) is 87.5 Å². The Hall–Kier alpha value is -3.36. The summed E-state index contributed by atoms with van der Waals surface area (Å²) in [6, 6.07) is 21.7. The molecule has 0 aromatic heterocycles. The van der Waals surface area contributed by atoms with Gasteiger partial charge in [-0.15, -0.1) is 0 Å². The maximum Gasteiger partial charge on any atom is 0.243 e. The Labute approximate surface area is 243 Å². The zero-order valence-electron chi connectivity index (χ0n) is 23.6. The number of likely N-dealkylation sites (N-methyl/N-ethyl adjacent to an activating group) is 1. The van der Waals surface area contributed by atoms with E-state index in [0.717, 1.165) is 22.3 Å². The van der Waals surface area contributed by atoms with Crippen molar-refractivity contribution in [2.75, 3.05) is 23.7 Å². The Morgan fingerprint density at radius 1 is 0.950 bits per heavy atom. The van der Waals surface area contributed by atoms with Gasteiger partial charge in [0.25, 0.3) is 0 Å². The number of halogens is 1. The molecule has 0 saturated carbocycles. The van der Waals surface area contributed by atoms with Crippen molar-refractivity contribution >= 4 is 39.1 Å². The van der Waals surface area contributed by atoms with E-state index in [2.05, 4.69) is 5.32 Å². The summed E-state index contributed by atoms with van der Waals surface area (Å²) in [5.74, 6) is -0.499. The molecule has 7 nitrogen and oxygen atoms in total. The van der Waals surface area contributed by atoms with Gasteiger partial charge in [0.1, 0.15) is 6.04 Å². The highest BCUT2D eigenvalue weighted by molar-refractivity contribution is 7.92. The van der Waals surface area contributed by atoms with Crippen molar-refractivity contribution in [3.05, 3.63) is 100 Å². The zero-order valence-corrected chi connectivity index (χ0v) is 25.1. The zero-order chi connectivity index (χ0) is 29.3. The van der Waals surface area contributed by atoms with Crippen LogP contribution in [0.25, 0.3) is 0 Å². The minimum atomic E-state index is -3.57. The second-order valence-corrected chi connectivity index (χ2v) is 12.3. The van der Waals surface area contributed by atoms with Crippen molar-refractivity contribution in [2.45, 2.75) is 52.6 Å². The molecule has 3 aromatic rings. The van der Waals surface area contributed by atoms with Crippen LogP contribution in [-0.2, 0) is 32.6 Å². The molecule has 40 heavy (non-hydrogen) atoms. The molecule has 0 saturated heterocycles. The monoisotopic (exact) mass is 583 g/mol. The van der Waals surface area contributed by atoms with E-state index in [4.69, 9.17) is 11.6 Å². The number of amides is 2. The van der Waals surface area contributed by atoms with Crippen LogP contribution < -0.4 is 9.62 Å². The van der Waals surface area contributed by atoms with E-state index < -0.39 is 16.1 Å². The topological polar surface area (TPSA) is 86.8 Å². The fourth-order valence-electron chi connectivity index (χ4n) is 4.75. The highest BCUT2D eigenvalue weighted by Gasteiger charge is 2.30. The second kappa shape index (κ2) is 14.3. The quantitative estimate of drug-likeness (QED) is 0.297. The summed E-state index contributed by atoms with van der Waals surface area (Å²) in [6.07, 6.45) is 1.85. The number of nitrogens with zero attached hydrogens (tertiary/aromatic N) is 2. The van der Waals surface area contributed by atoms with Gasteiger partial charge in [0.2, 0.25) is 21.8 Å². The summed E-state index contributed by atoms with van der Waals surface area (Å²) in [4.78, 5) is 28.7. The summed E-state index contributed by atoms with van der Waals surface area (Å²) in [7, 11) is -3.57. The molecule has 9 heteroatoms. The van der Waals surface area contributed by atoms with Crippen LogP contribution >= 0.6 is 11.6 Å². The number of hydrogen-bond acceptors (Lipinski definition) is 4. The van der Waals surface area contributed by atoms with Gasteiger partial charge in [-0.05, 0) is 67.6 Å². The molecular weight excluding hydrogens is 546 g/mol. The van der Waals surface area contributed by atoms with Crippen LogP contribution in [0.15, 0.2) is 72.8 Å². The molecule has 0 unspecified atom stereocenters. The standard InChI is InChI=1S/C31H38ClN3O4S/c1-5-33-31(37)29(21-25-12-7-6-8-13-25)34(22-26-14-9-10-15-28(26)32)30(36)16-11-17-35(40(4,38)39)27-19-23(2)18-24(3)20-27/h6-10,12-15,18-20,29H,5,11,16-17,21-22H2,1-4H3,(H,33,37)/t29-/m1/s1. The lowest BCUT2D eigenvalue weighted by molar-refractivity contribution is -0.141. The van der Waals surface area contributed by atoms with Gasteiger partial charge in [-0.1, -0.05) is 66.2 Å². The van der Waals surface area contributed by atoms with E-state index in [1.54, 1.807) is 11.0 Å². The van der Waals surface area contributed by atoms with Gasteiger partial charge >= 0.3 is 0 Å². The second-order valence-electron chi connectivity index (χ2n) is 10.00. The number of anilines is 1. The van der Waals surface area contributed by atoms with Crippen LogP contribution in [0.3, 0.4) is 0 Å². The first-order valence-electron chi connectivity index (χ1n) is 13.4. The maximum absolute atomic E-state index is 13.8. The van der Waals surface area contributed by atoms with Gasteiger partial charge in [-0.3, -0.25) is 13.9 Å². The molecule has 0 aliphatic carbocycles. The molecular formula is C31H38ClN3O4S. The lowest BCUT2D eigenvalue weighted by Crippen LogP contribution is -2.50. The van der Waals surface area contributed by atoms with Crippen molar-refractivity contribution in [3.63, 3.8) is 0 Å². The maximum atomic E-state index is 13.8. The number of sulfonamides is 1. The molecule has 0 aliphatic rings. The third-order valence-electron chi connectivity index (χ3n) is 6.57. The molecule has 3 rings (SSSR count). The van der Waals surface area contributed by atoms with E-state index in [9.17, 15) is 18.0 Å². The summed E-state index contributed by atoms with van der Waals surface area (Å²) in [5.41, 5.74) is 4.14. The Bertz CT molecular complexity index is 1390. The van der Waals surface area contributed by atoms with E-state index in [0.29, 0.717) is 23.7 Å². The van der Waals surface area contributed by atoms with Crippen molar-refractivity contribution in [1.29, 1.82) is 0 Å². The Kier molecular flexibility index (Phi) is 11.2. The number of carbonyl (C=O) groups is 2. The summed E-state index contributed by atoms with van der Waals surface area (Å²) in [6.45, 7) is 6.39. The molecule has 0 spiro atoms. The molecule has 1 atom stereocenters. The van der Waals surface area contributed by atoms with Gasteiger partial charge in [0.05, 0.1) is 11.9 Å². The number of benzene rings is 3. The Balaban J connectivity index is 1.88. The van der Waals surface area contributed by atoms with Crippen molar-refractivity contribution < 1.29 is 18.0 Å². The predicted molar refractivity (Wildman–Crippen MR) is 162 cm³/mol. The van der Waals surface area contributed by atoms with Crippen LogP contribution in [0.2, 0.25) is 5.02 Å². The third-order valence-corrected chi connectivity index (χ3v) is 8.13. The average molecular weight is 584 g/mol. The fourth-order valence-corrected chi connectivity index (χ4v) is 5.90. The lowest BCUT2D eigenvalue weighted by atomic mass is 10.0. The van der Waals surface area contributed by atoms with Crippen LogP contribution in [0.5, 0.6) is 0 Å². The first-order valence-corrected chi connectivity index (χ1v) is 15.6. The number of carbonyl (C=O) groups excluding carboxylic acids is 2. The summed E-state index contributed by atoms with van der Waals surface area (Å²) < 4.78 is 26.7. The molecule has 2 amide bonds. The number of nitrogens with one attached hydrogen (secondary N) is 1. The summed E-state index contributed by atoms with van der Waals surface area (Å²) >= 11 is 6.46. The normalized spacial score (nSPS) is 12.0.